The molecule has 2 heterocycles. The minimum Gasteiger partial charge on any atom is -0.491 e. The lowest BCUT2D eigenvalue weighted by molar-refractivity contribution is 0.0948. The van der Waals surface area contributed by atoms with Crippen molar-refractivity contribution in [1.82, 2.24) is 5.32 Å². The molecule has 2 aromatic carbocycles. The van der Waals surface area contributed by atoms with Crippen molar-refractivity contribution in [3.8, 4) is 5.75 Å². The van der Waals surface area contributed by atoms with Crippen LogP contribution in [0.4, 0.5) is 5.69 Å². The molecule has 1 fully saturated rings. The van der Waals surface area contributed by atoms with Gasteiger partial charge in [-0.2, -0.15) is 0 Å². The molecule has 1 atom stereocenters. The second-order valence-corrected chi connectivity index (χ2v) is 8.82. The summed E-state index contributed by atoms with van der Waals surface area (Å²) in [6.07, 6.45) is 5.18. The first-order valence-electron chi connectivity index (χ1n) is 11.0. The highest BCUT2D eigenvalue weighted by Gasteiger charge is 2.35. The van der Waals surface area contributed by atoms with Gasteiger partial charge in [0.1, 0.15) is 5.75 Å². The molecule has 4 heteroatoms. The predicted molar refractivity (Wildman–Crippen MR) is 116 cm³/mol. The van der Waals surface area contributed by atoms with Gasteiger partial charge in [0.25, 0.3) is 0 Å². The molecule has 1 N–H and O–H groups in total. The summed E-state index contributed by atoms with van der Waals surface area (Å²) in [4.78, 5) is 15.5. The molecule has 0 saturated carbocycles. The molecule has 152 valence electrons. The van der Waals surface area contributed by atoms with Gasteiger partial charge in [0, 0.05) is 24.7 Å². The Balaban J connectivity index is 1.24. The van der Waals surface area contributed by atoms with Crippen LogP contribution in [-0.4, -0.2) is 37.6 Å². The number of hydrogen-bond acceptors (Lipinski definition) is 4. The summed E-state index contributed by atoms with van der Waals surface area (Å²) < 4.78 is 6.01. The van der Waals surface area contributed by atoms with Crippen molar-refractivity contribution in [3.05, 3.63) is 58.1 Å². The number of Topliss-reactive ketones (excluding diaryl/α,β-unsaturated/α-hetero) is 1. The van der Waals surface area contributed by atoms with E-state index in [1.54, 1.807) is 0 Å². The lowest BCUT2D eigenvalue weighted by Crippen LogP contribution is -2.48. The molecule has 0 spiro atoms. The first-order chi connectivity index (χ1) is 14.1. The summed E-state index contributed by atoms with van der Waals surface area (Å²) >= 11 is 0. The zero-order chi connectivity index (χ0) is 20.0. The van der Waals surface area contributed by atoms with Gasteiger partial charge in [-0.3, -0.25) is 4.79 Å². The van der Waals surface area contributed by atoms with Gasteiger partial charge in [-0.1, -0.05) is 24.3 Å². The van der Waals surface area contributed by atoms with Crippen molar-refractivity contribution in [1.29, 1.82) is 0 Å². The number of nitrogens with zero attached hydrogens (tertiary/aromatic N) is 1. The Morgan fingerprint density at radius 2 is 1.86 bits per heavy atom. The highest BCUT2D eigenvalue weighted by atomic mass is 16.5. The topological polar surface area (TPSA) is 41.6 Å². The Kier molecular flexibility index (Phi) is 4.83. The fraction of sp³-hybridized carbons (Fsp3) is 0.480. The molecule has 1 aliphatic carbocycles. The second kappa shape index (κ2) is 7.49. The summed E-state index contributed by atoms with van der Waals surface area (Å²) in [5, 5.41) is 3.70. The van der Waals surface area contributed by atoms with E-state index < -0.39 is 0 Å². The van der Waals surface area contributed by atoms with Gasteiger partial charge in [-0.25, -0.2) is 0 Å². The fourth-order valence-corrected chi connectivity index (χ4v) is 5.27. The Morgan fingerprint density at radius 3 is 2.66 bits per heavy atom. The lowest BCUT2D eigenvalue weighted by atomic mass is 9.99. The van der Waals surface area contributed by atoms with E-state index in [4.69, 9.17) is 4.74 Å². The first-order valence-corrected chi connectivity index (χ1v) is 11.0. The third-order valence-electron chi connectivity index (χ3n) is 6.91. The number of anilines is 1. The zero-order valence-corrected chi connectivity index (χ0v) is 17.5. The van der Waals surface area contributed by atoms with E-state index in [9.17, 15) is 4.79 Å². The molecule has 0 radical (unpaired) electrons. The van der Waals surface area contributed by atoms with Crippen molar-refractivity contribution in [2.24, 2.45) is 0 Å². The zero-order valence-electron chi connectivity index (χ0n) is 17.5. The van der Waals surface area contributed by atoms with Gasteiger partial charge >= 0.3 is 0 Å². The van der Waals surface area contributed by atoms with E-state index in [1.807, 2.05) is 0 Å². The molecule has 0 aromatic heterocycles. The second-order valence-electron chi connectivity index (χ2n) is 8.82. The van der Waals surface area contributed by atoms with E-state index in [0.29, 0.717) is 6.04 Å². The number of para-hydroxylation sites is 1. The average molecular weight is 391 g/mol. The molecule has 29 heavy (non-hydrogen) atoms. The van der Waals surface area contributed by atoms with Crippen molar-refractivity contribution in [2.75, 3.05) is 24.6 Å². The average Bonchev–Trinajstić information content (AvgIpc) is 3.08. The Hall–Kier alpha value is -2.33. The van der Waals surface area contributed by atoms with Crippen LogP contribution in [0.2, 0.25) is 0 Å². The number of rotatable bonds is 3. The van der Waals surface area contributed by atoms with E-state index in [0.717, 1.165) is 68.7 Å². The smallest absolute Gasteiger partial charge is 0.180 e. The van der Waals surface area contributed by atoms with Crippen molar-refractivity contribution in [3.63, 3.8) is 0 Å². The third-order valence-corrected chi connectivity index (χ3v) is 6.91. The number of nitrogens with one attached hydrogen (secondary N) is 1. The molecule has 4 nitrogen and oxygen atoms in total. The van der Waals surface area contributed by atoms with Crippen molar-refractivity contribution < 1.29 is 9.53 Å². The van der Waals surface area contributed by atoms with E-state index >= 15 is 0 Å². The highest BCUT2D eigenvalue weighted by molar-refractivity contribution is 6.06. The van der Waals surface area contributed by atoms with Gasteiger partial charge in [-0.15, -0.1) is 0 Å². The summed E-state index contributed by atoms with van der Waals surface area (Å²) in [7, 11) is 0. The highest BCUT2D eigenvalue weighted by Crippen LogP contribution is 2.37. The maximum absolute atomic E-state index is 13.0. The number of ketones is 1. The van der Waals surface area contributed by atoms with Crippen LogP contribution in [0.1, 0.15) is 51.9 Å². The first kappa shape index (κ1) is 18.7. The largest absolute Gasteiger partial charge is 0.491 e. The molecule has 1 unspecified atom stereocenters. The molecule has 3 aliphatic rings. The Bertz CT molecular complexity index is 944. The minimum atomic E-state index is -0.0610. The number of fused-ring (bicyclic) bond motifs is 2. The predicted octanol–water partition coefficient (Wildman–Crippen LogP) is 3.99. The van der Waals surface area contributed by atoms with Crippen molar-refractivity contribution in [2.45, 2.75) is 58.0 Å². The molecule has 1 saturated heterocycles. The molecule has 5 rings (SSSR count). The quantitative estimate of drug-likeness (QED) is 0.860. The summed E-state index contributed by atoms with van der Waals surface area (Å²) in [6, 6.07) is 11.1. The van der Waals surface area contributed by atoms with Crippen LogP contribution in [0.5, 0.6) is 5.75 Å². The van der Waals surface area contributed by atoms with E-state index in [1.165, 1.54) is 22.4 Å². The van der Waals surface area contributed by atoms with Crippen LogP contribution >= 0.6 is 0 Å². The molecule has 0 bridgehead atoms. The Labute approximate surface area is 173 Å². The summed E-state index contributed by atoms with van der Waals surface area (Å²) in [5.41, 5.74) is 7.16. The number of carbonyl (C=O) groups is 1. The number of ether oxygens (including phenoxy) is 1. The van der Waals surface area contributed by atoms with E-state index in [-0.39, 0.29) is 11.8 Å². The normalized spacial score (nSPS) is 21.7. The van der Waals surface area contributed by atoms with Crippen LogP contribution in [-0.2, 0) is 12.8 Å². The van der Waals surface area contributed by atoms with Gasteiger partial charge in [0.2, 0.25) is 0 Å². The van der Waals surface area contributed by atoms with Crippen LogP contribution in [0.25, 0.3) is 0 Å². The standard InChI is InChI=1S/C25H30N2O2/c1-16-8-9-17(2)23-20(16)15-21(24(23)28)26-19-10-12-27(13-11-19)22-7-3-5-18-6-4-14-29-25(18)22/h3,5,7-9,19,21,26H,4,6,10-15H2,1-2H3. The number of benzene rings is 2. The summed E-state index contributed by atoms with van der Waals surface area (Å²) in [6.45, 7) is 7.01. The number of hydrogen-bond donors (Lipinski definition) is 1. The monoisotopic (exact) mass is 390 g/mol. The number of piperidine rings is 1. The van der Waals surface area contributed by atoms with Gasteiger partial charge in [0.15, 0.2) is 5.78 Å². The van der Waals surface area contributed by atoms with Gasteiger partial charge in [0.05, 0.1) is 18.3 Å². The van der Waals surface area contributed by atoms with Crippen molar-refractivity contribution >= 4 is 11.5 Å². The molecule has 2 aliphatic heterocycles. The van der Waals surface area contributed by atoms with Crippen LogP contribution in [0.15, 0.2) is 30.3 Å². The van der Waals surface area contributed by atoms with Crippen LogP contribution in [0, 0.1) is 13.8 Å². The van der Waals surface area contributed by atoms with E-state index in [2.05, 4.69) is 54.4 Å². The SMILES string of the molecule is Cc1ccc(C)c2c1CC(NC1CCN(c3cccc4c3OCCC4)CC1)C2=O. The van der Waals surface area contributed by atoms with Gasteiger partial charge in [-0.05, 0) is 74.3 Å². The van der Waals surface area contributed by atoms with Crippen LogP contribution < -0.4 is 15.0 Å². The Morgan fingerprint density at radius 1 is 1.07 bits per heavy atom. The molecule has 0 amide bonds. The number of carbonyl (C=O) groups excluding carboxylic acids is 1. The minimum absolute atomic E-state index is 0.0610. The maximum Gasteiger partial charge on any atom is 0.180 e. The fourth-order valence-electron chi connectivity index (χ4n) is 5.27. The molecular weight excluding hydrogens is 360 g/mol. The molecule has 2 aromatic rings. The molecular formula is C25H30N2O2. The maximum atomic E-state index is 13.0. The van der Waals surface area contributed by atoms with Gasteiger partial charge < -0.3 is 15.0 Å². The van der Waals surface area contributed by atoms with Crippen LogP contribution in [0.3, 0.4) is 0 Å². The number of aryl methyl sites for hydroxylation is 3. The lowest BCUT2D eigenvalue weighted by Gasteiger charge is -2.36. The summed E-state index contributed by atoms with van der Waals surface area (Å²) in [5.74, 6) is 1.38. The third kappa shape index (κ3) is 3.33.